The minimum Gasteiger partial charge on any atom is -0.497 e. The normalized spacial score (nSPS) is 18.2. The Labute approximate surface area is 129 Å². The lowest BCUT2D eigenvalue weighted by Crippen LogP contribution is -2.19. The van der Waals surface area contributed by atoms with Crippen molar-refractivity contribution < 1.29 is 9.53 Å². The van der Waals surface area contributed by atoms with E-state index in [4.69, 9.17) is 4.74 Å². The van der Waals surface area contributed by atoms with Crippen LogP contribution in [0.15, 0.2) is 45.7 Å². The summed E-state index contributed by atoms with van der Waals surface area (Å²) in [5.41, 5.74) is 0.934. The highest BCUT2D eigenvalue weighted by atomic mass is 32.2. The number of amidine groups is 1. The third-order valence-corrected chi connectivity index (χ3v) is 4.26. The van der Waals surface area contributed by atoms with Gasteiger partial charge in [-0.1, -0.05) is 12.1 Å². The van der Waals surface area contributed by atoms with Crippen LogP contribution in [0.2, 0.25) is 0 Å². The lowest BCUT2D eigenvalue weighted by Gasteiger charge is -1.99. The Morgan fingerprint density at radius 2 is 2.14 bits per heavy atom. The first-order valence-corrected chi connectivity index (χ1v) is 7.77. The average Bonchev–Trinajstić information content (AvgIpc) is 3.11. The van der Waals surface area contributed by atoms with Crippen LogP contribution in [0.25, 0.3) is 6.08 Å². The number of aliphatic imine (C=N–C) groups is 1. The number of carbonyl (C=O) groups excluding carboxylic acids is 1. The van der Waals surface area contributed by atoms with Gasteiger partial charge in [0.25, 0.3) is 5.91 Å². The number of thioether (sulfide) groups is 1. The van der Waals surface area contributed by atoms with Crippen molar-refractivity contribution in [3.63, 3.8) is 0 Å². The van der Waals surface area contributed by atoms with Crippen LogP contribution in [0, 0.1) is 0 Å². The van der Waals surface area contributed by atoms with Crippen LogP contribution < -0.4 is 10.1 Å². The van der Waals surface area contributed by atoms with Gasteiger partial charge in [-0.25, -0.2) is 4.98 Å². The largest absolute Gasteiger partial charge is 0.497 e. The maximum absolute atomic E-state index is 11.9. The molecule has 21 heavy (non-hydrogen) atoms. The van der Waals surface area contributed by atoms with E-state index in [1.165, 1.54) is 23.1 Å². The first-order valence-electron chi connectivity index (χ1n) is 6.08. The van der Waals surface area contributed by atoms with E-state index in [0.29, 0.717) is 15.2 Å². The summed E-state index contributed by atoms with van der Waals surface area (Å²) in [7, 11) is 1.62. The molecule has 0 spiro atoms. The lowest BCUT2D eigenvalue weighted by molar-refractivity contribution is -0.115. The SMILES string of the molecule is COc1ccc(/C=C2\SC(=Nc3nccs3)NC2=O)cc1. The third kappa shape index (κ3) is 3.32. The molecule has 0 unspecified atom stereocenters. The molecule has 0 aliphatic carbocycles. The Bertz CT molecular complexity index is 706. The number of amides is 1. The summed E-state index contributed by atoms with van der Waals surface area (Å²) < 4.78 is 5.11. The van der Waals surface area contributed by atoms with Crippen LogP contribution in [0.3, 0.4) is 0 Å². The van der Waals surface area contributed by atoms with E-state index in [2.05, 4.69) is 15.3 Å². The molecule has 1 N–H and O–H groups in total. The molecule has 1 aliphatic heterocycles. The molecule has 3 rings (SSSR count). The fraction of sp³-hybridized carbons (Fsp3) is 0.0714. The molecular weight excluding hydrogens is 306 g/mol. The maximum Gasteiger partial charge on any atom is 0.264 e. The molecule has 0 saturated carbocycles. The predicted octanol–water partition coefficient (Wildman–Crippen LogP) is 3.04. The van der Waals surface area contributed by atoms with Gasteiger partial charge in [0.05, 0.1) is 12.0 Å². The Balaban J connectivity index is 1.79. The number of rotatable bonds is 3. The van der Waals surface area contributed by atoms with E-state index < -0.39 is 0 Å². The van der Waals surface area contributed by atoms with Gasteiger partial charge >= 0.3 is 0 Å². The van der Waals surface area contributed by atoms with Gasteiger partial charge in [-0.15, -0.1) is 11.3 Å². The van der Waals surface area contributed by atoms with Gasteiger partial charge in [-0.05, 0) is 35.5 Å². The number of nitrogens with zero attached hydrogens (tertiary/aromatic N) is 2. The van der Waals surface area contributed by atoms with Crippen molar-refractivity contribution in [2.45, 2.75) is 0 Å². The van der Waals surface area contributed by atoms with E-state index in [1.807, 2.05) is 35.7 Å². The van der Waals surface area contributed by atoms with Gasteiger partial charge < -0.3 is 10.1 Å². The number of hydrogen-bond acceptors (Lipinski definition) is 6. The number of hydrogen-bond donors (Lipinski definition) is 1. The van der Waals surface area contributed by atoms with E-state index in [1.54, 1.807) is 13.3 Å². The summed E-state index contributed by atoms with van der Waals surface area (Å²) in [6.07, 6.45) is 3.50. The minimum atomic E-state index is -0.147. The van der Waals surface area contributed by atoms with Crippen molar-refractivity contribution in [2.75, 3.05) is 7.11 Å². The van der Waals surface area contributed by atoms with Gasteiger partial charge in [-0.2, -0.15) is 4.99 Å². The molecule has 1 fully saturated rings. The van der Waals surface area contributed by atoms with Crippen LogP contribution in [0.1, 0.15) is 5.56 Å². The molecule has 5 nitrogen and oxygen atoms in total. The van der Waals surface area contributed by atoms with Crippen LogP contribution in [0.5, 0.6) is 5.75 Å². The smallest absolute Gasteiger partial charge is 0.264 e. The standard InChI is InChI=1S/C14H11N3O2S2/c1-19-10-4-2-9(3-5-10)8-11-12(18)16-14(21-11)17-13-15-6-7-20-13/h2-8H,1H3,(H,15,16,17,18)/b11-8-. The molecule has 1 saturated heterocycles. The lowest BCUT2D eigenvalue weighted by atomic mass is 10.2. The molecule has 0 radical (unpaired) electrons. The van der Waals surface area contributed by atoms with Crippen molar-refractivity contribution in [3.8, 4) is 5.75 Å². The number of nitrogens with one attached hydrogen (secondary N) is 1. The Morgan fingerprint density at radius 1 is 1.33 bits per heavy atom. The first kappa shape index (κ1) is 13.8. The van der Waals surface area contributed by atoms with Gasteiger partial charge in [0, 0.05) is 11.6 Å². The first-order chi connectivity index (χ1) is 10.2. The molecule has 106 valence electrons. The zero-order chi connectivity index (χ0) is 14.7. The molecule has 1 aliphatic rings. The average molecular weight is 317 g/mol. The number of aromatic nitrogens is 1. The second-order valence-electron chi connectivity index (χ2n) is 4.07. The second kappa shape index (κ2) is 6.11. The highest BCUT2D eigenvalue weighted by molar-refractivity contribution is 8.18. The van der Waals surface area contributed by atoms with Crippen molar-refractivity contribution >= 4 is 45.4 Å². The maximum atomic E-state index is 11.9. The van der Waals surface area contributed by atoms with Gasteiger partial charge in [0.2, 0.25) is 5.13 Å². The van der Waals surface area contributed by atoms with E-state index in [9.17, 15) is 4.79 Å². The molecule has 1 amide bonds. The fourth-order valence-corrected chi connectivity index (χ4v) is 3.08. The summed E-state index contributed by atoms with van der Waals surface area (Å²) in [5.74, 6) is 0.637. The number of methoxy groups -OCH3 is 1. The van der Waals surface area contributed by atoms with E-state index in [-0.39, 0.29) is 5.91 Å². The topological polar surface area (TPSA) is 63.6 Å². The summed E-state index contributed by atoms with van der Waals surface area (Å²) >= 11 is 2.73. The number of thiazole rings is 1. The molecule has 1 aromatic heterocycles. The molecule has 2 aromatic rings. The molecule has 0 atom stereocenters. The van der Waals surface area contributed by atoms with Crippen LogP contribution in [-0.2, 0) is 4.79 Å². The van der Waals surface area contributed by atoms with Crippen molar-refractivity contribution in [2.24, 2.45) is 4.99 Å². The second-order valence-corrected chi connectivity index (χ2v) is 5.97. The zero-order valence-corrected chi connectivity index (χ0v) is 12.7. The minimum absolute atomic E-state index is 0.147. The quantitative estimate of drug-likeness (QED) is 0.884. The van der Waals surface area contributed by atoms with Gasteiger partial charge in [-0.3, -0.25) is 4.79 Å². The molecule has 7 heteroatoms. The Hall–Kier alpha value is -2.12. The molecule has 0 bridgehead atoms. The molecule has 2 heterocycles. The Morgan fingerprint density at radius 3 is 2.81 bits per heavy atom. The summed E-state index contributed by atoms with van der Waals surface area (Å²) in [6.45, 7) is 0. The van der Waals surface area contributed by atoms with Crippen LogP contribution in [-0.4, -0.2) is 23.2 Å². The third-order valence-electron chi connectivity index (χ3n) is 2.68. The van der Waals surface area contributed by atoms with Crippen molar-refractivity contribution in [3.05, 3.63) is 46.3 Å². The van der Waals surface area contributed by atoms with Crippen molar-refractivity contribution in [1.82, 2.24) is 10.3 Å². The highest BCUT2D eigenvalue weighted by Crippen LogP contribution is 2.28. The van der Waals surface area contributed by atoms with E-state index >= 15 is 0 Å². The number of ether oxygens (including phenoxy) is 1. The van der Waals surface area contributed by atoms with Crippen LogP contribution >= 0.6 is 23.1 Å². The molecule has 1 aromatic carbocycles. The predicted molar refractivity (Wildman–Crippen MR) is 85.9 cm³/mol. The summed E-state index contributed by atoms with van der Waals surface area (Å²) in [5, 5.41) is 5.75. The van der Waals surface area contributed by atoms with Crippen LogP contribution in [0.4, 0.5) is 5.13 Å². The monoisotopic (exact) mass is 317 g/mol. The Kier molecular flexibility index (Phi) is 4.03. The van der Waals surface area contributed by atoms with Gasteiger partial charge in [0.1, 0.15) is 5.75 Å². The summed E-state index contributed by atoms with van der Waals surface area (Å²) in [6, 6.07) is 7.51. The summed E-state index contributed by atoms with van der Waals surface area (Å²) in [4.78, 5) is 20.9. The van der Waals surface area contributed by atoms with Gasteiger partial charge in [0.15, 0.2) is 5.17 Å². The number of benzene rings is 1. The van der Waals surface area contributed by atoms with E-state index in [0.717, 1.165) is 11.3 Å². The number of carbonyl (C=O) groups is 1. The fourth-order valence-electron chi connectivity index (χ4n) is 1.69. The molecular formula is C14H11N3O2S2. The zero-order valence-electron chi connectivity index (χ0n) is 11.1. The van der Waals surface area contributed by atoms with Crippen molar-refractivity contribution in [1.29, 1.82) is 0 Å². The highest BCUT2D eigenvalue weighted by Gasteiger charge is 2.23.